The van der Waals surface area contributed by atoms with E-state index >= 15 is 0 Å². The minimum Gasteiger partial charge on any atom is -0.493 e. The minimum atomic E-state index is -0.0175. The smallest absolute Gasteiger partial charge is 0.226 e. The third-order valence-electron chi connectivity index (χ3n) is 3.16. The zero-order valence-electron chi connectivity index (χ0n) is 13.5. The summed E-state index contributed by atoms with van der Waals surface area (Å²) in [7, 11) is 1.65. The van der Waals surface area contributed by atoms with Crippen molar-refractivity contribution in [2.75, 3.05) is 26.9 Å². The predicted octanol–water partition coefficient (Wildman–Crippen LogP) is 2.90. The Labute approximate surface area is 140 Å². The zero-order chi connectivity index (χ0) is 16.5. The number of aromatic nitrogens is 1. The third kappa shape index (κ3) is 5.33. The number of hydrogen-bond acceptors (Lipinski definition) is 5. The van der Waals surface area contributed by atoms with E-state index in [1.807, 2.05) is 36.6 Å². The second-order valence-corrected chi connectivity index (χ2v) is 5.80. The number of hydrogen-bond donors (Lipinski definition) is 1. The number of nitrogens with one attached hydrogen (secondary N) is 1. The van der Waals surface area contributed by atoms with Gasteiger partial charge in [-0.3, -0.25) is 4.79 Å². The monoisotopic (exact) mass is 334 g/mol. The minimum absolute atomic E-state index is 0.0175. The molecule has 5 nitrogen and oxygen atoms in total. The molecule has 1 aromatic carbocycles. The van der Waals surface area contributed by atoms with E-state index in [0.717, 1.165) is 28.4 Å². The summed E-state index contributed by atoms with van der Waals surface area (Å²) in [5.41, 5.74) is 1.74. The number of carbonyl (C=O) groups is 1. The standard InChI is InChI=1S/C17H22N2O3S/c1-3-22-15-8-5-4-7-14(15)17-19-13(12-23-17)11-16(20)18-9-6-10-21-2/h4-5,7-8,12H,3,6,9-11H2,1-2H3,(H,18,20). The summed E-state index contributed by atoms with van der Waals surface area (Å²) < 4.78 is 10.6. The van der Waals surface area contributed by atoms with Crippen LogP contribution in [-0.4, -0.2) is 37.8 Å². The van der Waals surface area contributed by atoms with Gasteiger partial charge in [0, 0.05) is 25.6 Å². The summed E-state index contributed by atoms with van der Waals surface area (Å²) in [6, 6.07) is 7.82. The highest BCUT2D eigenvalue weighted by atomic mass is 32.1. The van der Waals surface area contributed by atoms with Gasteiger partial charge in [0.15, 0.2) is 0 Å². The first-order chi connectivity index (χ1) is 11.2. The molecule has 0 aliphatic carbocycles. The van der Waals surface area contributed by atoms with E-state index in [1.165, 1.54) is 11.3 Å². The molecule has 1 amide bonds. The van der Waals surface area contributed by atoms with Crippen molar-refractivity contribution in [2.45, 2.75) is 19.8 Å². The first-order valence-corrected chi connectivity index (χ1v) is 8.54. The quantitative estimate of drug-likeness (QED) is 0.716. The fourth-order valence-corrected chi connectivity index (χ4v) is 2.96. The van der Waals surface area contributed by atoms with Crippen LogP contribution in [0, 0.1) is 0 Å². The lowest BCUT2D eigenvalue weighted by molar-refractivity contribution is -0.120. The van der Waals surface area contributed by atoms with Gasteiger partial charge in [-0.1, -0.05) is 12.1 Å². The molecule has 1 N–H and O–H groups in total. The topological polar surface area (TPSA) is 60.5 Å². The second-order valence-electron chi connectivity index (χ2n) is 4.95. The maximum absolute atomic E-state index is 11.9. The highest BCUT2D eigenvalue weighted by molar-refractivity contribution is 7.13. The highest BCUT2D eigenvalue weighted by Gasteiger charge is 2.12. The molecule has 1 heterocycles. The fourth-order valence-electron chi connectivity index (χ4n) is 2.11. The van der Waals surface area contributed by atoms with Gasteiger partial charge in [0.25, 0.3) is 0 Å². The Kier molecular flexibility index (Phi) is 7.03. The van der Waals surface area contributed by atoms with Crippen molar-refractivity contribution in [3.8, 4) is 16.3 Å². The Morgan fingerprint density at radius 1 is 1.35 bits per heavy atom. The molecular formula is C17H22N2O3S. The number of para-hydroxylation sites is 1. The lowest BCUT2D eigenvalue weighted by Gasteiger charge is -2.07. The average molecular weight is 334 g/mol. The van der Waals surface area contributed by atoms with Gasteiger partial charge in [-0.2, -0.15) is 0 Å². The number of nitrogens with zero attached hydrogens (tertiary/aromatic N) is 1. The van der Waals surface area contributed by atoms with Gasteiger partial charge < -0.3 is 14.8 Å². The van der Waals surface area contributed by atoms with E-state index in [9.17, 15) is 4.79 Å². The number of rotatable bonds is 9. The predicted molar refractivity (Wildman–Crippen MR) is 91.9 cm³/mol. The van der Waals surface area contributed by atoms with Crippen LogP contribution in [-0.2, 0) is 16.0 Å². The van der Waals surface area contributed by atoms with Crippen molar-refractivity contribution in [2.24, 2.45) is 0 Å². The van der Waals surface area contributed by atoms with Gasteiger partial charge in [-0.15, -0.1) is 11.3 Å². The van der Waals surface area contributed by atoms with Gasteiger partial charge in [0.1, 0.15) is 10.8 Å². The molecule has 23 heavy (non-hydrogen) atoms. The first-order valence-electron chi connectivity index (χ1n) is 7.66. The molecule has 0 aliphatic rings. The third-order valence-corrected chi connectivity index (χ3v) is 4.08. The Bertz CT molecular complexity index is 628. The number of thiazole rings is 1. The summed E-state index contributed by atoms with van der Waals surface area (Å²) in [5.74, 6) is 0.802. The van der Waals surface area contributed by atoms with E-state index in [2.05, 4.69) is 10.3 Å². The van der Waals surface area contributed by atoms with Crippen molar-refractivity contribution < 1.29 is 14.3 Å². The van der Waals surface area contributed by atoms with Crippen LogP contribution in [0.4, 0.5) is 0 Å². The van der Waals surface area contributed by atoms with E-state index < -0.39 is 0 Å². The van der Waals surface area contributed by atoms with Crippen molar-refractivity contribution in [3.63, 3.8) is 0 Å². The zero-order valence-corrected chi connectivity index (χ0v) is 14.3. The van der Waals surface area contributed by atoms with Crippen molar-refractivity contribution >= 4 is 17.2 Å². The summed E-state index contributed by atoms with van der Waals surface area (Å²) in [6.07, 6.45) is 1.10. The lowest BCUT2D eigenvalue weighted by Crippen LogP contribution is -2.26. The van der Waals surface area contributed by atoms with Crippen LogP contribution in [0.3, 0.4) is 0 Å². The summed E-state index contributed by atoms with van der Waals surface area (Å²) in [6.45, 7) is 3.84. The molecule has 2 rings (SSSR count). The summed E-state index contributed by atoms with van der Waals surface area (Å²) in [5, 5.41) is 5.66. The summed E-state index contributed by atoms with van der Waals surface area (Å²) in [4.78, 5) is 16.4. The van der Waals surface area contributed by atoms with Gasteiger partial charge in [0.05, 0.1) is 24.3 Å². The molecule has 124 valence electrons. The number of carbonyl (C=O) groups excluding carboxylic acids is 1. The molecule has 0 aliphatic heterocycles. The molecule has 0 atom stereocenters. The molecule has 6 heteroatoms. The van der Waals surface area contributed by atoms with Crippen LogP contribution < -0.4 is 10.1 Å². The maximum atomic E-state index is 11.9. The van der Waals surface area contributed by atoms with Crippen molar-refractivity contribution in [3.05, 3.63) is 35.3 Å². The largest absolute Gasteiger partial charge is 0.493 e. The molecular weight excluding hydrogens is 312 g/mol. The van der Waals surface area contributed by atoms with Crippen LogP contribution >= 0.6 is 11.3 Å². The Morgan fingerprint density at radius 2 is 2.17 bits per heavy atom. The van der Waals surface area contributed by atoms with Gasteiger partial charge in [-0.25, -0.2) is 4.98 Å². The molecule has 1 aromatic heterocycles. The van der Waals surface area contributed by atoms with E-state index in [4.69, 9.17) is 9.47 Å². The Balaban J connectivity index is 1.97. The van der Waals surface area contributed by atoms with Gasteiger partial charge >= 0.3 is 0 Å². The van der Waals surface area contributed by atoms with Crippen LogP contribution in [0.15, 0.2) is 29.6 Å². The lowest BCUT2D eigenvalue weighted by atomic mass is 10.2. The van der Waals surface area contributed by atoms with E-state index in [1.54, 1.807) is 7.11 Å². The molecule has 2 aromatic rings. The van der Waals surface area contributed by atoms with E-state index in [0.29, 0.717) is 26.2 Å². The van der Waals surface area contributed by atoms with Crippen LogP contribution in [0.1, 0.15) is 19.0 Å². The van der Waals surface area contributed by atoms with Gasteiger partial charge in [-0.05, 0) is 25.5 Å². The average Bonchev–Trinajstić information content (AvgIpc) is 3.01. The van der Waals surface area contributed by atoms with E-state index in [-0.39, 0.29) is 5.91 Å². The fraction of sp³-hybridized carbons (Fsp3) is 0.412. The second kappa shape index (κ2) is 9.27. The van der Waals surface area contributed by atoms with Crippen LogP contribution in [0.5, 0.6) is 5.75 Å². The van der Waals surface area contributed by atoms with Crippen LogP contribution in [0.2, 0.25) is 0 Å². The van der Waals surface area contributed by atoms with Crippen LogP contribution in [0.25, 0.3) is 10.6 Å². The van der Waals surface area contributed by atoms with Gasteiger partial charge in [0.2, 0.25) is 5.91 Å². The van der Waals surface area contributed by atoms with Crippen molar-refractivity contribution in [1.29, 1.82) is 0 Å². The molecule has 0 saturated heterocycles. The molecule has 0 unspecified atom stereocenters. The normalized spacial score (nSPS) is 10.5. The Morgan fingerprint density at radius 3 is 2.96 bits per heavy atom. The highest BCUT2D eigenvalue weighted by Crippen LogP contribution is 2.32. The summed E-state index contributed by atoms with van der Waals surface area (Å²) >= 11 is 1.53. The number of amides is 1. The molecule has 0 saturated carbocycles. The number of methoxy groups -OCH3 is 1. The molecule has 0 bridgehead atoms. The molecule has 0 spiro atoms. The maximum Gasteiger partial charge on any atom is 0.226 e. The number of ether oxygens (including phenoxy) is 2. The molecule has 0 fully saturated rings. The number of benzene rings is 1. The SMILES string of the molecule is CCOc1ccccc1-c1nc(CC(=O)NCCCOC)cs1. The molecule has 0 radical (unpaired) electrons. The Hall–Kier alpha value is -1.92. The van der Waals surface area contributed by atoms with Crippen molar-refractivity contribution in [1.82, 2.24) is 10.3 Å². The first kappa shape index (κ1) is 17.4.